The average Bonchev–Trinajstić information content (AvgIpc) is 3.05. The maximum atomic E-state index is 12.6. The van der Waals surface area contributed by atoms with Gasteiger partial charge in [-0.3, -0.25) is 14.3 Å². The molecule has 1 fully saturated rings. The summed E-state index contributed by atoms with van der Waals surface area (Å²) in [6.07, 6.45) is 4.42. The van der Waals surface area contributed by atoms with Crippen molar-refractivity contribution in [3.8, 4) is 0 Å². The largest absolute Gasteiger partial charge is 0.349 e. The molecule has 0 aliphatic carbocycles. The van der Waals surface area contributed by atoms with Crippen LogP contribution in [0.2, 0.25) is 0 Å². The molecule has 156 valence electrons. The van der Waals surface area contributed by atoms with Gasteiger partial charge < -0.3 is 9.80 Å². The first-order chi connectivity index (χ1) is 13.8. The minimum Gasteiger partial charge on any atom is -0.349 e. The number of benzene rings is 1. The Morgan fingerprint density at radius 1 is 1.10 bits per heavy atom. The standard InChI is InChI=1S/C23H32N4O2/c1-17-15-21(24-26(17)4)23(29)27-13-11-20(12-14-27)16-19-7-5-18(6-8-19)9-10-22(28)25(2)3/h5-8,15,20H,9-14,16H2,1-4H3. The van der Waals surface area contributed by atoms with Crippen molar-refractivity contribution in [2.24, 2.45) is 13.0 Å². The summed E-state index contributed by atoms with van der Waals surface area (Å²) in [4.78, 5) is 27.9. The highest BCUT2D eigenvalue weighted by molar-refractivity contribution is 5.92. The van der Waals surface area contributed by atoms with Crippen molar-refractivity contribution >= 4 is 11.8 Å². The van der Waals surface area contributed by atoms with Gasteiger partial charge in [-0.2, -0.15) is 5.10 Å². The molecule has 6 nitrogen and oxygen atoms in total. The van der Waals surface area contributed by atoms with Crippen LogP contribution in [-0.2, 0) is 24.7 Å². The Balaban J connectivity index is 1.46. The lowest BCUT2D eigenvalue weighted by molar-refractivity contribution is -0.128. The molecule has 6 heteroatoms. The predicted molar refractivity (Wildman–Crippen MR) is 114 cm³/mol. The fourth-order valence-electron chi connectivity index (χ4n) is 3.82. The summed E-state index contributed by atoms with van der Waals surface area (Å²) in [6, 6.07) is 10.5. The van der Waals surface area contributed by atoms with Gasteiger partial charge >= 0.3 is 0 Å². The summed E-state index contributed by atoms with van der Waals surface area (Å²) in [7, 11) is 5.45. The number of carbonyl (C=O) groups is 2. The van der Waals surface area contributed by atoms with Crippen LogP contribution < -0.4 is 0 Å². The molecule has 0 bridgehead atoms. The molecule has 2 heterocycles. The maximum absolute atomic E-state index is 12.6. The summed E-state index contributed by atoms with van der Waals surface area (Å²) >= 11 is 0. The zero-order chi connectivity index (χ0) is 21.0. The highest BCUT2D eigenvalue weighted by Crippen LogP contribution is 2.23. The summed E-state index contributed by atoms with van der Waals surface area (Å²) in [6.45, 7) is 3.55. The SMILES string of the molecule is Cc1cc(C(=O)N2CCC(Cc3ccc(CCC(=O)N(C)C)cc3)CC2)nn1C. The monoisotopic (exact) mass is 396 g/mol. The molecule has 3 rings (SSSR count). The molecule has 1 saturated heterocycles. The molecule has 0 saturated carbocycles. The lowest BCUT2D eigenvalue weighted by Gasteiger charge is -2.31. The summed E-state index contributed by atoms with van der Waals surface area (Å²) < 4.78 is 1.75. The zero-order valence-corrected chi connectivity index (χ0v) is 18.0. The molecule has 0 atom stereocenters. The molecule has 1 aromatic carbocycles. The number of aromatic nitrogens is 2. The lowest BCUT2D eigenvalue weighted by atomic mass is 9.89. The second kappa shape index (κ2) is 9.25. The van der Waals surface area contributed by atoms with E-state index < -0.39 is 0 Å². The van der Waals surface area contributed by atoms with Crippen molar-refractivity contribution in [2.45, 2.75) is 39.0 Å². The van der Waals surface area contributed by atoms with Crippen LogP contribution in [0.15, 0.2) is 30.3 Å². The quantitative estimate of drug-likeness (QED) is 0.754. The van der Waals surface area contributed by atoms with Gasteiger partial charge in [0.2, 0.25) is 5.91 Å². The predicted octanol–water partition coefficient (Wildman–Crippen LogP) is 2.84. The van der Waals surface area contributed by atoms with Crippen LogP contribution in [0.25, 0.3) is 0 Å². The van der Waals surface area contributed by atoms with Gasteiger partial charge in [0.15, 0.2) is 5.69 Å². The molecule has 2 amide bonds. The third kappa shape index (κ3) is 5.46. The van der Waals surface area contributed by atoms with Crippen LogP contribution in [0.1, 0.15) is 46.6 Å². The molecular formula is C23H32N4O2. The third-order valence-corrected chi connectivity index (χ3v) is 5.91. The maximum Gasteiger partial charge on any atom is 0.274 e. The smallest absolute Gasteiger partial charge is 0.274 e. The molecule has 29 heavy (non-hydrogen) atoms. The van der Waals surface area contributed by atoms with Crippen LogP contribution >= 0.6 is 0 Å². The molecule has 1 aromatic heterocycles. The van der Waals surface area contributed by atoms with Crippen molar-refractivity contribution < 1.29 is 9.59 Å². The van der Waals surface area contributed by atoms with Crippen LogP contribution in [-0.4, -0.2) is 58.6 Å². The molecule has 1 aliphatic heterocycles. The van der Waals surface area contributed by atoms with Crippen molar-refractivity contribution in [1.29, 1.82) is 0 Å². The van der Waals surface area contributed by atoms with Crippen molar-refractivity contribution in [3.63, 3.8) is 0 Å². The van der Waals surface area contributed by atoms with E-state index in [1.807, 2.05) is 24.9 Å². The van der Waals surface area contributed by atoms with Crippen LogP contribution in [0.4, 0.5) is 0 Å². The van der Waals surface area contributed by atoms with E-state index in [-0.39, 0.29) is 11.8 Å². The number of piperidine rings is 1. The molecule has 0 unspecified atom stereocenters. The fraction of sp³-hybridized carbons (Fsp3) is 0.522. The molecule has 0 radical (unpaired) electrons. The van der Waals surface area contributed by atoms with Gasteiger partial charge in [0, 0.05) is 46.3 Å². The first kappa shape index (κ1) is 21.1. The van der Waals surface area contributed by atoms with Gasteiger partial charge in [-0.15, -0.1) is 0 Å². The number of nitrogens with zero attached hydrogens (tertiary/aromatic N) is 4. The second-order valence-corrected chi connectivity index (χ2v) is 8.34. The minimum atomic E-state index is 0.0452. The van der Waals surface area contributed by atoms with E-state index >= 15 is 0 Å². The van der Waals surface area contributed by atoms with Gasteiger partial charge in [0.1, 0.15) is 0 Å². The van der Waals surface area contributed by atoms with Gasteiger partial charge in [-0.25, -0.2) is 0 Å². The van der Waals surface area contributed by atoms with Crippen molar-refractivity contribution in [1.82, 2.24) is 19.6 Å². The first-order valence-corrected chi connectivity index (χ1v) is 10.4. The number of carbonyl (C=O) groups excluding carboxylic acids is 2. The van der Waals surface area contributed by atoms with Gasteiger partial charge in [0.05, 0.1) is 0 Å². The Morgan fingerprint density at radius 3 is 2.28 bits per heavy atom. The Kier molecular flexibility index (Phi) is 6.72. The van der Waals surface area contributed by atoms with Crippen molar-refractivity contribution in [2.75, 3.05) is 27.2 Å². The molecule has 2 aromatic rings. The van der Waals surface area contributed by atoms with Crippen LogP contribution in [0, 0.1) is 12.8 Å². The third-order valence-electron chi connectivity index (χ3n) is 5.91. The first-order valence-electron chi connectivity index (χ1n) is 10.4. The number of aryl methyl sites for hydroxylation is 3. The molecular weight excluding hydrogens is 364 g/mol. The van der Waals surface area contributed by atoms with Gasteiger partial charge in [-0.1, -0.05) is 24.3 Å². The Bertz CT molecular complexity index is 827. The van der Waals surface area contributed by atoms with Crippen LogP contribution in [0.5, 0.6) is 0 Å². The number of hydrogen-bond acceptors (Lipinski definition) is 3. The highest BCUT2D eigenvalue weighted by Gasteiger charge is 2.25. The molecule has 0 N–H and O–H groups in total. The summed E-state index contributed by atoms with van der Waals surface area (Å²) in [5.74, 6) is 0.811. The van der Waals surface area contributed by atoms with Gasteiger partial charge in [-0.05, 0) is 55.7 Å². The van der Waals surface area contributed by atoms with E-state index in [9.17, 15) is 9.59 Å². The Hall–Kier alpha value is -2.63. The number of rotatable bonds is 6. The van der Waals surface area contributed by atoms with E-state index in [2.05, 4.69) is 29.4 Å². The summed E-state index contributed by atoms with van der Waals surface area (Å²) in [5, 5.41) is 4.32. The van der Waals surface area contributed by atoms with E-state index in [1.54, 1.807) is 23.7 Å². The normalized spacial score (nSPS) is 14.8. The van der Waals surface area contributed by atoms with Crippen LogP contribution in [0.3, 0.4) is 0 Å². The fourth-order valence-corrected chi connectivity index (χ4v) is 3.82. The number of likely N-dealkylation sites (tertiary alicyclic amines) is 1. The Morgan fingerprint density at radius 2 is 1.72 bits per heavy atom. The van der Waals surface area contributed by atoms with E-state index in [0.29, 0.717) is 18.0 Å². The summed E-state index contributed by atoms with van der Waals surface area (Å²) in [5.41, 5.74) is 4.08. The minimum absolute atomic E-state index is 0.0452. The number of hydrogen-bond donors (Lipinski definition) is 0. The number of amides is 2. The average molecular weight is 397 g/mol. The van der Waals surface area contributed by atoms with E-state index in [4.69, 9.17) is 0 Å². The molecule has 0 spiro atoms. The van der Waals surface area contributed by atoms with E-state index in [1.165, 1.54) is 11.1 Å². The molecule has 1 aliphatic rings. The highest BCUT2D eigenvalue weighted by atomic mass is 16.2. The topological polar surface area (TPSA) is 58.4 Å². The lowest BCUT2D eigenvalue weighted by Crippen LogP contribution is -2.39. The Labute approximate surface area is 173 Å². The van der Waals surface area contributed by atoms with E-state index in [0.717, 1.165) is 44.5 Å². The van der Waals surface area contributed by atoms with Gasteiger partial charge in [0.25, 0.3) is 5.91 Å². The van der Waals surface area contributed by atoms with Crippen molar-refractivity contribution in [3.05, 3.63) is 52.8 Å². The zero-order valence-electron chi connectivity index (χ0n) is 18.0. The second-order valence-electron chi connectivity index (χ2n) is 8.34.